The number of alkyl halides is 2. The van der Waals surface area contributed by atoms with Crippen LogP contribution in [0.2, 0.25) is 0 Å². The Kier molecular flexibility index (Phi) is 4.48. The van der Waals surface area contributed by atoms with Gasteiger partial charge in [0.05, 0.1) is 5.56 Å². The lowest BCUT2D eigenvalue weighted by Crippen LogP contribution is -1.98. The molecule has 0 fully saturated rings. The van der Waals surface area contributed by atoms with Crippen molar-refractivity contribution in [2.75, 3.05) is 0 Å². The van der Waals surface area contributed by atoms with Gasteiger partial charge in [-0.05, 0) is 35.6 Å². The third kappa shape index (κ3) is 2.87. The van der Waals surface area contributed by atoms with Crippen LogP contribution in [0.3, 0.4) is 0 Å². The average Bonchev–Trinajstić information content (AvgIpc) is 2.42. The highest BCUT2D eigenvalue weighted by atomic mass is 19.3. The van der Waals surface area contributed by atoms with Crippen molar-refractivity contribution >= 4 is 0 Å². The first-order chi connectivity index (χ1) is 9.54. The Morgan fingerprint density at radius 3 is 2.20 bits per heavy atom. The van der Waals surface area contributed by atoms with Crippen LogP contribution < -0.4 is 0 Å². The molecule has 2 rings (SSSR count). The van der Waals surface area contributed by atoms with Crippen LogP contribution in [0.1, 0.15) is 36.5 Å². The number of aryl methyl sites for hydroxylation is 2. The molecule has 0 unspecified atom stereocenters. The summed E-state index contributed by atoms with van der Waals surface area (Å²) in [5.74, 6) is -0.810. The molecule has 0 N–H and O–H groups in total. The van der Waals surface area contributed by atoms with Gasteiger partial charge >= 0.3 is 0 Å². The lowest BCUT2D eigenvalue weighted by Gasteiger charge is -2.12. The van der Waals surface area contributed by atoms with Crippen molar-refractivity contribution in [2.45, 2.75) is 33.1 Å². The van der Waals surface area contributed by atoms with Crippen molar-refractivity contribution in [1.82, 2.24) is 0 Å². The number of hydrogen-bond donors (Lipinski definition) is 0. The molecule has 0 saturated carbocycles. The Labute approximate surface area is 117 Å². The standard InChI is InChI=1S/C17H17F3/c1-3-4-12-6-8-13(9-7-12)14-10-5-11(2)16(18)15(14)17(19)20/h5-10,17H,3-4H2,1-2H3. The van der Waals surface area contributed by atoms with Gasteiger partial charge in [0.15, 0.2) is 0 Å². The number of hydrogen-bond acceptors (Lipinski definition) is 0. The molecule has 0 heterocycles. The Morgan fingerprint density at radius 1 is 1.00 bits per heavy atom. The van der Waals surface area contributed by atoms with Crippen LogP contribution in [0.25, 0.3) is 11.1 Å². The fourth-order valence-corrected chi connectivity index (χ4v) is 2.31. The molecule has 2 aromatic carbocycles. The number of halogens is 3. The summed E-state index contributed by atoms with van der Waals surface area (Å²) in [7, 11) is 0. The SMILES string of the molecule is CCCc1ccc(-c2ccc(C)c(F)c2C(F)F)cc1. The van der Waals surface area contributed by atoms with E-state index in [1.54, 1.807) is 18.2 Å². The molecule has 3 heteroatoms. The van der Waals surface area contributed by atoms with Gasteiger partial charge in [-0.25, -0.2) is 13.2 Å². The van der Waals surface area contributed by atoms with Gasteiger partial charge in [-0.2, -0.15) is 0 Å². The van der Waals surface area contributed by atoms with E-state index < -0.39 is 17.8 Å². The van der Waals surface area contributed by atoms with E-state index in [2.05, 4.69) is 6.92 Å². The summed E-state index contributed by atoms with van der Waals surface area (Å²) in [5, 5.41) is 0. The number of benzene rings is 2. The highest BCUT2D eigenvalue weighted by Gasteiger charge is 2.20. The van der Waals surface area contributed by atoms with E-state index in [1.165, 1.54) is 13.0 Å². The minimum atomic E-state index is -2.82. The monoisotopic (exact) mass is 278 g/mol. The van der Waals surface area contributed by atoms with Crippen LogP contribution in [0, 0.1) is 12.7 Å². The quantitative estimate of drug-likeness (QED) is 0.673. The Morgan fingerprint density at radius 2 is 1.65 bits per heavy atom. The predicted molar refractivity (Wildman–Crippen MR) is 75.5 cm³/mol. The van der Waals surface area contributed by atoms with Crippen LogP contribution >= 0.6 is 0 Å². The Hall–Kier alpha value is -1.77. The summed E-state index contributed by atoms with van der Waals surface area (Å²) in [6.07, 6.45) is -0.842. The summed E-state index contributed by atoms with van der Waals surface area (Å²) in [5.41, 5.74) is 1.78. The summed E-state index contributed by atoms with van der Waals surface area (Å²) in [6, 6.07) is 10.5. The maximum absolute atomic E-state index is 13.9. The first kappa shape index (κ1) is 14.6. The van der Waals surface area contributed by atoms with Gasteiger partial charge in [-0.3, -0.25) is 0 Å². The highest BCUT2D eigenvalue weighted by molar-refractivity contribution is 5.68. The average molecular weight is 278 g/mol. The van der Waals surface area contributed by atoms with Crippen LogP contribution in [0.4, 0.5) is 13.2 Å². The van der Waals surface area contributed by atoms with Crippen LogP contribution in [-0.2, 0) is 6.42 Å². The summed E-state index contributed by atoms with van der Waals surface area (Å²) >= 11 is 0. The lowest BCUT2D eigenvalue weighted by atomic mass is 9.96. The van der Waals surface area contributed by atoms with Gasteiger partial charge in [0.1, 0.15) is 5.82 Å². The third-order valence-corrected chi connectivity index (χ3v) is 3.39. The molecule has 0 radical (unpaired) electrons. The molecule has 0 amide bonds. The lowest BCUT2D eigenvalue weighted by molar-refractivity contribution is 0.147. The minimum Gasteiger partial charge on any atom is -0.206 e. The minimum absolute atomic E-state index is 0.242. The second-order valence-corrected chi connectivity index (χ2v) is 4.91. The first-order valence-corrected chi connectivity index (χ1v) is 6.71. The maximum atomic E-state index is 13.9. The zero-order valence-electron chi connectivity index (χ0n) is 11.6. The van der Waals surface area contributed by atoms with Gasteiger partial charge in [-0.1, -0.05) is 49.7 Å². The van der Waals surface area contributed by atoms with Crippen LogP contribution in [0.5, 0.6) is 0 Å². The largest absolute Gasteiger partial charge is 0.267 e. The molecule has 0 aliphatic heterocycles. The topological polar surface area (TPSA) is 0 Å². The molecule has 0 saturated heterocycles. The van der Waals surface area contributed by atoms with E-state index in [4.69, 9.17) is 0 Å². The van der Waals surface area contributed by atoms with Crippen molar-refractivity contribution in [3.05, 3.63) is 58.9 Å². The Bertz CT molecular complexity index is 586. The molecule has 0 bridgehead atoms. The van der Waals surface area contributed by atoms with E-state index in [0.717, 1.165) is 18.4 Å². The second kappa shape index (κ2) is 6.12. The van der Waals surface area contributed by atoms with Gasteiger partial charge in [0.25, 0.3) is 6.43 Å². The zero-order chi connectivity index (χ0) is 14.7. The molecule has 2 aromatic rings. The van der Waals surface area contributed by atoms with Crippen molar-refractivity contribution in [3.8, 4) is 11.1 Å². The molecular weight excluding hydrogens is 261 g/mol. The van der Waals surface area contributed by atoms with Crippen molar-refractivity contribution in [1.29, 1.82) is 0 Å². The van der Waals surface area contributed by atoms with E-state index in [9.17, 15) is 13.2 Å². The molecule has 0 spiro atoms. The van der Waals surface area contributed by atoms with E-state index in [0.29, 0.717) is 5.56 Å². The molecule has 20 heavy (non-hydrogen) atoms. The fraction of sp³-hybridized carbons (Fsp3) is 0.294. The first-order valence-electron chi connectivity index (χ1n) is 6.71. The van der Waals surface area contributed by atoms with Crippen LogP contribution in [0.15, 0.2) is 36.4 Å². The van der Waals surface area contributed by atoms with Crippen LogP contribution in [-0.4, -0.2) is 0 Å². The molecule has 0 nitrogen and oxygen atoms in total. The molecule has 0 aliphatic carbocycles. The zero-order valence-corrected chi connectivity index (χ0v) is 11.6. The predicted octanol–water partition coefficient (Wildman–Crippen LogP) is 5.69. The fourth-order valence-electron chi connectivity index (χ4n) is 2.31. The molecular formula is C17H17F3. The van der Waals surface area contributed by atoms with E-state index in [-0.39, 0.29) is 11.1 Å². The Balaban J connectivity index is 2.49. The van der Waals surface area contributed by atoms with Crippen molar-refractivity contribution < 1.29 is 13.2 Å². The summed E-state index contributed by atoms with van der Waals surface area (Å²) < 4.78 is 40.1. The summed E-state index contributed by atoms with van der Waals surface area (Å²) in [6.45, 7) is 3.58. The van der Waals surface area contributed by atoms with Gasteiger partial charge in [-0.15, -0.1) is 0 Å². The molecule has 0 aliphatic rings. The van der Waals surface area contributed by atoms with Gasteiger partial charge < -0.3 is 0 Å². The number of rotatable bonds is 4. The van der Waals surface area contributed by atoms with Gasteiger partial charge in [0.2, 0.25) is 0 Å². The molecule has 0 aromatic heterocycles. The van der Waals surface area contributed by atoms with Crippen molar-refractivity contribution in [3.63, 3.8) is 0 Å². The highest BCUT2D eigenvalue weighted by Crippen LogP contribution is 2.34. The van der Waals surface area contributed by atoms with Crippen molar-refractivity contribution in [2.24, 2.45) is 0 Å². The smallest absolute Gasteiger partial charge is 0.206 e. The molecule has 106 valence electrons. The second-order valence-electron chi connectivity index (χ2n) is 4.91. The van der Waals surface area contributed by atoms with E-state index in [1.807, 2.05) is 12.1 Å². The van der Waals surface area contributed by atoms with E-state index >= 15 is 0 Å². The third-order valence-electron chi connectivity index (χ3n) is 3.39. The maximum Gasteiger partial charge on any atom is 0.267 e. The normalized spacial score (nSPS) is 11.1. The van der Waals surface area contributed by atoms with Gasteiger partial charge in [0, 0.05) is 0 Å². The molecule has 0 atom stereocenters. The summed E-state index contributed by atoms with van der Waals surface area (Å²) in [4.78, 5) is 0.